The molecular formula is C17H16HgO3. The van der Waals surface area contributed by atoms with Crippen LogP contribution in [0.15, 0.2) is 54.6 Å². The van der Waals surface area contributed by atoms with Crippen LogP contribution in [-0.2, 0) is 32.5 Å². The number of benzene rings is 2. The zero-order chi connectivity index (χ0) is 14.7. The molecule has 0 saturated heterocycles. The molecule has 0 N–H and O–H groups in total. The van der Waals surface area contributed by atoms with Crippen molar-refractivity contribution in [3.8, 4) is 5.75 Å². The molecule has 0 aliphatic carbocycles. The van der Waals surface area contributed by atoms with E-state index in [1.165, 1.54) is 18.1 Å². The van der Waals surface area contributed by atoms with Crippen LogP contribution in [0, 0.1) is 0 Å². The van der Waals surface area contributed by atoms with Gasteiger partial charge in [-0.25, -0.2) is 0 Å². The van der Waals surface area contributed by atoms with Crippen molar-refractivity contribution in [2.75, 3.05) is 0 Å². The summed E-state index contributed by atoms with van der Waals surface area (Å²) in [6.07, 6.45) is 0.103. The van der Waals surface area contributed by atoms with Crippen LogP contribution in [-0.4, -0.2) is 12.1 Å². The second-order valence-electron chi connectivity index (χ2n) is 5.21. The number of rotatable bonds is 4. The Balaban J connectivity index is 1.85. The Morgan fingerprint density at radius 2 is 1.86 bits per heavy atom. The van der Waals surface area contributed by atoms with Crippen molar-refractivity contribution >= 4 is 5.97 Å². The Morgan fingerprint density at radius 3 is 2.62 bits per heavy atom. The molecule has 0 radical (unpaired) electrons. The van der Waals surface area contributed by atoms with E-state index in [1.54, 1.807) is 0 Å². The van der Waals surface area contributed by atoms with E-state index < -0.39 is 25.0 Å². The quantitative estimate of drug-likeness (QED) is 0.644. The molecule has 0 unspecified atom stereocenters. The van der Waals surface area contributed by atoms with Crippen molar-refractivity contribution in [2.24, 2.45) is 0 Å². The molecule has 0 spiro atoms. The number of fused-ring (bicyclic) bond motifs is 1. The van der Waals surface area contributed by atoms with Crippen molar-refractivity contribution in [2.45, 2.75) is 22.9 Å². The summed E-state index contributed by atoms with van der Waals surface area (Å²) in [5.41, 5.74) is 2.51. The Labute approximate surface area is 137 Å². The second kappa shape index (κ2) is 6.61. The predicted octanol–water partition coefficient (Wildman–Crippen LogP) is 3.56. The average molecular weight is 469 g/mol. The summed E-state index contributed by atoms with van der Waals surface area (Å²) in [6.45, 7) is 1.49. The van der Waals surface area contributed by atoms with Crippen LogP contribution in [0.25, 0.3) is 0 Å². The molecule has 3 rings (SSSR count). The molecule has 21 heavy (non-hydrogen) atoms. The van der Waals surface area contributed by atoms with E-state index in [9.17, 15) is 4.79 Å². The van der Waals surface area contributed by atoms with Gasteiger partial charge < -0.3 is 0 Å². The molecule has 2 aromatic carbocycles. The molecule has 2 aromatic rings. The van der Waals surface area contributed by atoms with Crippen molar-refractivity contribution in [3.63, 3.8) is 0 Å². The Bertz CT molecular complexity index is 627. The standard InChI is InChI=1S/C15H13O.C2H4O2.Hg/c1-11-15(12-7-3-2-4-8-12)13-9-5-6-10-14(13)16-11;1-2(3)4;/h2-11,15H,1H2;1H3,(H,3,4);/q;;+1/p-1/t11-,15-;;/m0../s1. The van der Waals surface area contributed by atoms with Crippen molar-refractivity contribution in [3.05, 3.63) is 65.7 Å². The number of para-hydroxylation sites is 1. The van der Waals surface area contributed by atoms with Crippen molar-refractivity contribution in [1.29, 1.82) is 0 Å². The summed E-state index contributed by atoms with van der Waals surface area (Å²) in [4.78, 5) is 11.0. The van der Waals surface area contributed by atoms with E-state index in [1.807, 2.05) is 18.2 Å². The summed E-state index contributed by atoms with van der Waals surface area (Å²) in [5.74, 6) is 1.06. The number of hydrogen-bond acceptors (Lipinski definition) is 3. The molecule has 2 atom stereocenters. The van der Waals surface area contributed by atoms with E-state index in [0.717, 1.165) is 9.68 Å². The molecule has 0 bridgehead atoms. The van der Waals surface area contributed by atoms with Crippen LogP contribution in [0.3, 0.4) is 0 Å². The first-order chi connectivity index (χ1) is 10.3. The summed E-state index contributed by atoms with van der Waals surface area (Å²) in [5, 5.41) is 0. The maximum atomic E-state index is 11.0. The van der Waals surface area contributed by atoms with Gasteiger partial charge in [0.15, 0.2) is 0 Å². The minimum atomic E-state index is -1.66. The first-order valence-corrected chi connectivity index (χ1v) is 13.3. The molecule has 104 valence electrons. The number of ether oxygens (including phenoxy) is 1. The SMILES string of the molecule is CC(=O)[O][Hg][CH2][C@@H]1Oc2ccccc2[C@@H]1c1ccccc1. The fourth-order valence-electron chi connectivity index (χ4n) is 2.88. The first-order valence-electron chi connectivity index (χ1n) is 7.19. The van der Waals surface area contributed by atoms with Gasteiger partial charge in [-0.15, -0.1) is 0 Å². The molecule has 3 nitrogen and oxygen atoms in total. The predicted molar refractivity (Wildman–Crippen MR) is 75.7 cm³/mol. The van der Waals surface area contributed by atoms with Gasteiger partial charge in [-0.05, 0) is 0 Å². The van der Waals surface area contributed by atoms with Crippen LogP contribution < -0.4 is 4.74 Å². The normalized spacial score (nSPS) is 19.3. The third-order valence-corrected chi connectivity index (χ3v) is 9.27. The van der Waals surface area contributed by atoms with Gasteiger partial charge in [0.25, 0.3) is 0 Å². The van der Waals surface area contributed by atoms with Gasteiger partial charge in [-0.2, -0.15) is 0 Å². The molecule has 0 saturated carbocycles. The van der Waals surface area contributed by atoms with E-state index in [4.69, 9.17) is 7.38 Å². The van der Waals surface area contributed by atoms with E-state index in [0.29, 0.717) is 0 Å². The van der Waals surface area contributed by atoms with E-state index >= 15 is 0 Å². The van der Waals surface area contributed by atoms with Gasteiger partial charge in [0.2, 0.25) is 0 Å². The summed E-state index contributed by atoms with van der Waals surface area (Å²) >= 11 is -1.66. The zero-order valence-electron chi connectivity index (χ0n) is 12.0. The maximum absolute atomic E-state index is 11.0. The van der Waals surface area contributed by atoms with E-state index in [-0.39, 0.29) is 18.0 Å². The Kier molecular flexibility index (Phi) is 4.59. The number of hydrogen-bond donors (Lipinski definition) is 0. The van der Waals surface area contributed by atoms with Crippen LogP contribution in [0.4, 0.5) is 0 Å². The van der Waals surface area contributed by atoms with Gasteiger partial charge in [0.1, 0.15) is 0 Å². The molecule has 0 fully saturated rings. The van der Waals surface area contributed by atoms with Crippen LogP contribution in [0.2, 0.25) is 3.93 Å². The molecule has 1 aliphatic heterocycles. The fourth-order valence-corrected chi connectivity index (χ4v) is 7.11. The van der Waals surface area contributed by atoms with Gasteiger partial charge >= 0.3 is 138 Å². The van der Waals surface area contributed by atoms with Crippen LogP contribution in [0.1, 0.15) is 24.0 Å². The van der Waals surface area contributed by atoms with Gasteiger partial charge in [-0.1, -0.05) is 0 Å². The molecule has 0 amide bonds. The zero-order valence-corrected chi connectivity index (χ0v) is 17.5. The second-order valence-corrected chi connectivity index (χ2v) is 10.2. The van der Waals surface area contributed by atoms with Crippen molar-refractivity contribution in [1.82, 2.24) is 0 Å². The summed E-state index contributed by atoms with van der Waals surface area (Å²) < 4.78 is 12.3. The first kappa shape index (κ1) is 14.6. The Hall–Kier alpha value is -1.35. The number of carbonyl (C=O) groups excluding carboxylic acids is 1. The molecule has 4 heteroatoms. The number of carbonyl (C=O) groups is 1. The molecule has 0 aromatic heterocycles. The molecule has 1 heterocycles. The minimum absolute atomic E-state index is 0.103. The van der Waals surface area contributed by atoms with Gasteiger partial charge in [0.05, 0.1) is 0 Å². The van der Waals surface area contributed by atoms with Gasteiger partial charge in [0, 0.05) is 0 Å². The summed E-state index contributed by atoms with van der Waals surface area (Å²) in [6, 6.07) is 18.6. The molecule has 1 aliphatic rings. The average Bonchev–Trinajstić information content (AvgIpc) is 2.86. The van der Waals surface area contributed by atoms with Crippen LogP contribution >= 0.6 is 0 Å². The topological polar surface area (TPSA) is 35.5 Å². The molecular weight excluding hydrogens is 453 g/mol. The fraction of sp³-hybridized carbons (Fsp3) is 0.235. The van der Waals surface area contributed by atoms with Gasteiger partial charge in [-0.3, -0.25) is 0 Å². The van der Waals surface area contributed by atoms with Crippen LogP contribution in [0.5, 0.6) is 5.75 Å². The van der Waals surface area contributed by atoms with Crippen molar-refractivity contribution < 1.29 is 37.2 Å². The monoisotopic (exact) mass is 470 g/mol. The third kappa shape index (κ3) is 3.29. The van der Waals surface area contributed by atoms with E-state index in [2.05, 4.69) is 36.4 Å². The third-order valence-electron chi connectivity index (χ3n) is 3.77. The summed E-state index contributed by atoms with van der Waals surface area (Å²) in [7, 11) is 0. The Morgan fingerprint density at radius 1 is 1.14 bits per heavy atom.